The van der Waals surface area contributed by atoms with E-state index in [1.165, 1.54) is 0 Å². The molecule has 0 spiro atoms. The van der Waals surface area contributed by atoms with Crippen LogP contribution in [-0.4, -0.2) is 65.6 Å². The fourth-order valence-electron chi connectivity index (χ4n) is 3.88. The van der Waals surface area contributed by atoms with Crippen molar-refractivity contribution < 1.29 is 9.59 Å². The van der Waals surface area contributed by atoms with E-state index >= 15 is 0 Å². The number of anilines is 4. The number of carbonyl (C=O) groups is 2. The number of piperazine rings is 1. The van der Waals surface area contributed by atoms with Gasteiger partial charge in [0.05, 0.1) is 11.7 Å². The molecule has 10 heteroatoms. The van der Waals surface area contributed by atoms with E-state index in [0.29, 0.717) is 31.3 Å². The van der Waals surface area contributed by atoms with Gasteiger partial charge in [0.25, 0.3) is 0 Å². The van der Waals surface area contributed by atoms with Crippen molar-refractivity contribution in [2.24, 2.45) is 5.73 Å². The summed E-state index contributed by atoms with van der Waals surface area (Å²) in [6.45, 7) is 7.20. The first kappa shape index (κ1) is 24.9. The molecule has 5 N–H and O–H groups in total. The molecule has 0 unspecified atom stereocenters. The zero-order valence-corrected chi connectivity index (χ0v) is 20.6. The van der Waals surface area contributed by atoms with Crippen LogP contribution in [0.2, 0.25) is 0 Å². The molecule has 1 aliphatic heterocycles. The second kappa shape index (κ2) is 11.5. The Morgan fingerprint density at radius 3 is 2.28 bits per heavy atom. The van der Waals surface area contributed by atoms with E-state index in [2.05, 4.69) is 43.0 Å². The van der Waals surface area contributed by atoms with Gasteiger partial charge in [-0.1, -0.05) is 12.1 Å². The number of urea groups is 1. The summed E-state index contributed by atoms with van der Waals surface area (Å²) < 4.78 is 0. The van der Waals surface area contributed by atoms with Gasteiger partial charge in [-0.05, 0) is 56.3 Å². The first-order valence-corrected chi connectivity index (χ1v) is 12.1. The summed E-state index contributed by atoms with van der Waals surface area (Å²) in [5, 5.41) is 8.89. The number of hydrogen-bond donors (Lipinski definition) is 4. The minimum atomic E-state index is -0.571. The van der Waals surface area contributed by atoms with Crippen LogP contribution < -0.4 is 26.6 Å². The predicted octanol–water partition coefficient (Wildman–Crippen LogP) is 3.02. The van der Waals surface area contributed by atoms with Crippen molar-refractivity contribution in [1.29, 1.82) is 0 Å². The van der Waals surface area contributed by atoms with E-state index in [9.17, 15) is 9.59 Å². The quantitative estimate of drug-likeness (QED) is 0.402. The van der Waals surface area contributed by atoms with Gasteiger partial charge in [-0.2, -0.15) is 0 Å². The summed E-state index contributed by atoms with van der Waals surface area (Å²) in [5.41, 5.74) is 9.94. The summed E-state index contributed by atoms with van der Waals surface area (Å²) in [7, 11) is 0. The molecule has 10 nitrogen and oxygen atoms in total. The van der Waals surface area contributed by atoms with Gasteiger partial charge >= 0.3 is 6.03 Å². The first-order valence-electron chi connectivity index (χ1n) is 12.1. The lowest BCUT2D eigenvalue weighted by Gasteiger charge is -2.36. The molecule has 0 aliphatic carbocycles. The third-order valence-electron chi connectivity index (χ3n) is 5.90. The number of aromatic nitrogens is 2. The Morgan fingerprint density at radius 2 is 1.64 bits per heavy atom. The molecule has 2 heterocycles. The van der Waals surface area contributed by atoms with Crippen molar-refractivity contribution in [3.63, 3.8) is 0 Å². The molecule has 0 bridgehead atoms. The average Bonchev–Trinajstić information content (AvgIpc) is 2.90. The fourth-order valence-corrected chi connectivity index (χ4v) is 3.88. The number of rotatable bonds is 7. The molecule has 0 saturated carbocycles. The number of hydrogen-bond acceptors (Lipinski definition) is 7. The third-order valence-corrected chi connectivity index (χ3v) is 5.90. The molecule has 1 aromatic heterocycles. The molecule has 1 aliphatic rings. The van der Waals surface area contributed by atoms with Crippen LogP contribution in [0.3, 0.4) is 0 Å². The van der Waals surface area contributed by atoms with Crippen LogP contribution in [-0.2, 0) is 4.79 Å². The fraction of sp³-hybridized carbons (Fsp3) is 0.308. The summed E-state index contributed by atoms with van der Waals surface area (Å²) in [4.78, 5) is 36.9. The van der Waals surface area contributed by atoms with Crippen molar-refractivity contribution >= 4 is 34.9 Å². The van der Waals surface area contributed by atoms with Gasteiger partial charge in [0.1, 0.15) is 0 Å². The number of benzene rings is 2. The van der Waals surface area contributed by atoms with E-state index in [1.54, 1.807) is 13.1 Å². The number of carbonyl (C=O) groups excluding carboxylic acids is 2. The number of nitrogens with one attached hydrogen (secondary N) is 3. The zero-order valence-electron chi connectivity index (χ0n) is 20.6. The normalized spacial score (nSPS) is 14.2. The molecule has 1 saturated heterocycles. The van der Waals surface area contributed by atoms with Gasteiger partial charge < -0.3 is 31.5 Å². The van der Waals surface area contributed by atoms with E-state index < -0.39 is 6.04 Å². The Kier molecular flexibility index (Phi) is 7.96. The van der Waals surface area contributed by atoms with E-state index in [1.807, 2.05) is 54.3 Å². The molecule has 1 atom stereocenters. The summed E-state index contributed by atoms with van der Waals surface area (Å²) in [6, 6.07) is 16.8. The topological polar surface area (TPSA) is 129 Å². The van der Waals surface area contributed by atoms with Crippen LogP contribution in [0.1, 0.15) is 13.8 Å². The van der Waals surface area contributed by atoms with Gasteiger partial charge in [-0.15, -0.1) is 0 Å². The predicted molar refractivity (Wildman–Crippen MR) is 142 cm³/mol. The van der Waals surface area contributed by atoms with Gasteiger partial charge in [-0.25, -0.2) is 14.8 Å². The highest BCUT2D eigenvalue weighted by molar-refractivity contribution is 5.94. The molecule has 36 heavy (non-hydrogen) atoms. The van der Waals surface area contributed by atoms with Gasteiger partial charge in [0.15, 0.2) is 0 Å². The maximum absolute atomic E-state index is 12.0. The summed E-state index contributed by atoms with van der Waals surface area (Å²) in [6.07, 6.45) is 1.71. The second-order valence-electron chi connectivity index (χ2n) is 8.60. The maximum atomic E-state index is 12.0. The molecule has 3 amide bonds. The lowest BCUT2D eigenvalue weighted by molar-refractivity contribution is -0.117. The third kappa shape index (κ3) is 6.28. The lowest BCUT2D eigenvalue weighted by Crippen LogP contribution is -2.51. The molecular formula is C26H32N8O2. The molecule has 3 aromatic rings. The van der Waals surface area contributed by atoms with Crippen molar-refractivity contribution in [2.45, 2.75) is 19.9 Å². The standard InChI is InChI=1S/C26H32N8O2/c1-3-28-26(36)34-16-14-33(15-17-34)22-10-8-21(9-11-22)31-25-29-13-12-23(32-25)19-4-6-20(7-5-19)30-24(35)18(2)27/h4-13,18H,3,14-17,27H2,1-2H3,(H,28,36)(H,30,35)(H,29,31,32)/t18-/m1/s1. The van der Waals surface area contributed by atoms with E-state index in [0.717, 1.165) is 35.7 Å². The number of nitrogens with zero attached hydrogens (tertiary/aromatic N) is 4. The van der Waals surface area contributed by atoms with Crippen LogP contribution in [0.25, 0.3) is 11.3 Å². The molecule has 188 valence electrons. The maximum Gasteiger partial charge on any atom is 0.317 e. The monoisotopic (exact) mass is 488 g/mol. The highest BCUT2D eigenvalue weighted by atomic mass is 16.2. The Morgan fingerprint density at radius 1 is 0.972 bits per heavy atom. The average molecular weight is 489 g/mol. The highest BCUT2D eigenvalue weighted by Gasteiger charge is 2.20. The lowest BCUT2D eigenvalue weighted by atomic mass is 10.1. The van der Waals surface area contributed by atoms with Crippen LogP contribution >= 0.6 is 0 Å². The SMILES string of the molecule is CCNC(=O)N1CCN(c2ccc(Nc3nccc(-c4ccc(NC(=O)[C@@H](C)N)cc4)n3)cc2)CC1. The van der Waals surface area contributed by atoms with Crippen LogP contribution in [0.4, 0.5) is 27.8 Å². The van der Waals surface area contributed by atoms with Crippen LogP contribution in [0, 0.1) is 0 Å². The highest BCUT2D eigenvalue weighted by Crippen LogP contribution is 2.24. The van der Waals surface area contributed by atoms with Crippen molar-refractivity contribution in [3.8, 4) is 11.3 Å². The Balaban J connectivity index is 1.36. The molecule has 4 rings (SSSR count). The molecular weight excluding hydrogens is 456 g/mol. The minimum Gasteiger partial charge on any atom is -0.368 e. The number of nitrogens with two attached hydrogens (primary N) is 1. The Hall–Kier alpha value is -4.18. The number of amides is 3. The van der Waals surface area contributed by atoms with Crippen molar-refractivity contribution in [3.05, 3.63) is 60.8 Å². The smallest absolute Gasteiger partial charge is 0.317 e. The van der Waals surface area contributed by atoms with Crippen LogP contribution in [0.5, 0.6) is 0 Å². The van der Waals surface area contributed by atoms with E-state index in [4.69, 9.17) is 5.73 Å². The Bertz CT molecular complexity index is 1170. The molecule has 0 radical (unpaired) electrons. The molecule has 1 fully saturated rings. The van der Waals surface area contributed by atoms with Gasteiger partial charge in [0.2, 0.25) is 11.9 Å². The van der Waals surface area contributed by atoms with Crippen molar-refractivity contribution in [1.82, 2.24) is 20.2 Å². The van der Waals surface area contributed by atoms with Gasteiger partial charge in [-0.3, -0.25) is 4.79 Å². The first-order chi connectivity index (χ1) is 17.4. The van der Waals surface area contributed by atoms with Gasteiger partial charge in [0, 0.05) is 61.5 Å². The minimum absolute atomic E-state index is 0.00266. The van der Waals surface area contributed by atoms with E-state index in [-0.39, 0.29) is 11.9 Å². The van der Waals surface area contributed by atoms with Crippen LogP contribution in [0.15, 0.2) is 60.8 Å². The summed E-state index contributed by atoms with van der Waals surface area (Å²) in [5.74, 6) is 0.258. The largest absolute Gasteiger partial charge is 0.368 e. The zero-order chi connectivity index (χ0) is 25.5. The Labute approximate surface area is 210 Å². The molecule has 2 aromatic carbocycles. The summed E-state index contributed by atoms with van der Waals surface area (Å²) >= 11 is 0. The second-order valence-corrected chi connectivity index (χ2v) is 8.60. The van der Waals surface area contributed by atoms with Crippen molar-refractivity contribution in [2.75, 3.05) is 48.3 Å².